The van der Waals surface area contributed by atoms with Crippen molar-refractivity contribution in [1.29, 1.82) is 0 Å². The van der Waals surface area contributed by atoms with Gasteiger partial charge in [-0.2, -0.15) is 0 Å². The molecule has 0 saturated carbocycles. The lowest BCUT2D eigenvalue weighted by Crippen LogP contribution is -2.23. The number of hydrogen-bond acceptors (Lipinski definition) is 0. The average Bonchev–Trinajstić information content (AvgIpc) is 3.60. The van der Waals surface area contributed by atoms with Crippen molar-refractivity contribution < 1.29 is 8.78 Å². The van der Waals surface area contributed by atoms with E-state index in [4.69, 9.17) is 0 Å². The van der Waals surface area contributed by atoms with Crippen LogP contribution in [0, 0.1) is 11.6 Å². The Morgan fingerprint density at radius 1 is 0.380 bits per heavy atom. The van der Waals surface area contributed by atoms with Crippen molar-refractivity contribution in [2.24, 2.45) is 0 Å². The largest absolute Gasteiger partial charge is 0.207 e. The fourth-order valence-electron chi connectivity index (χ4n) is 10.0. The Balaban J connectivity index is 1.34. The van der Waals surface area contributed by atoms with E-state index in [-0.39, 0.29) is 22.5 Å². The molecule has 7 aromatic carbocycles. The molecular formula is C48H40F2. The maximum absolute atomic E-state index is 15.4. The second kappa shape index (κ2) is 11.2. The van der Waals surface area contributed by atoms with Gasteiger partial charge in [-0.1, -0.05) is 113 Å². The molecular weight excluding hydrogens is 615 g/mol. The van der Waals surface area contributed by atoms with E-state index >= 15 is 8.78 Å². The van der Waals surface area contributed by atoms with E-state index in [0.29, 0.717) is 0 Å². The molecule has 0 N–H and O–H groups in total. The van der Waals surface area contributed by atoms with Crippen LogP contribution in [0.15, 0.2) is 121 Å². The van der Waals surface area contributed by atoms with E-state index in [9.17, 15) is 0 Å². The Kier molecular flexibility index (Phi) is 6.94. The number of hydrogen-bond donors (Lipinski definition) is 0. The quantitative estimate of drug-likeness (QED) is 0.157. The van der Waals surface area contributed by atoms with Crippen LogP contribution in [-0.2, 0) is 10.8 Å². The predicted molar refractivity (Wildman–Crippen MR) is 206 cm³/mol. The molecule has 0 saturated heterocycles. The monoisotopic (exact) mass is 654 g/mol. The molecule has 0 heterocycles. The molecule has 0 atom stereocenters. The van der Waals surface area contributed by atoms with Gasteiger partial charge in [0.05, 0.1) is 0 Å². The van der Waals surface area contributed by atoms with Gasteiger partial charge in [-0.25, -0.2) is 8.78 Å². The topological polar surface area (TPSA) is 0 Å². The van der Waals surface area contributed by atoms with E-state index in [1.807, 2.05) is 12.1 Å². The molecule has 2 heteroatoms. The summed E-state index contributed by atoms with van der Waals surface area (Å²) in [5.74, 6) is -0.562. The van der Waals surface area contributed by atoms with E-state index in [1.165, 1.54) is 44.5 Å². The number of halogens is 2. The van der Waals surface area contributed by atoms with Gasteiger partial charge >= 0.3 is 0 Å². The predicted octanol–water partition coefficient (Wildman–Crippen LogP) is 13.8. The van der Waals surface area contributed by atoms with Crippen molar-refractivity contribution in [2.75, 3.05) is 0 Å². The van der Waals surface area contributed by atoms with Gasteiger partial charge in [0.25, 0.3) is 0 Å². The third-order valence-electron chi connectivity index (χ3n) is 12.6. The first kappa shape index (κ1) is 30.9. The Labute approximate surface area is 293 Å². The summed E-state index contributed by atoms with van der Waals surface area (Å²) < 4.78 is 30.9. The van der Waals surface area contributed by atoms with E-state index in [1.54, 1.807) is 24.3 Å². The zero-order chi connectivity index (χ0) is 34.4. The molecule has 246 valence electrons. The molecule has 9 rings (SSSR count). The molecule has 2 aliphatic carbocycles. The number of rotatable bonds is 6. The zero-order valence-electron chi connectivity index (χ0n) is 29.1. The highest BCUT2D eigenvalue weighted by Gasteiger charge is 2.42. The second-order valence-corrected chi connectivity index (χ2v) is 14.3. The molecule has 0 amide bonds. The van der Waals surface area contributed by atoms with Crippen molar-refractivity contribution in [3.63, 3.8) is 0 Å². The summed E-state index contributed by atoms with van der Waals surface area (Å²) in [6.45, 7) is 9.11. The maximum atomic E-state index is 15.4. The van der Waals surface area contributed by atoms with Gasteiger partial charge in [0.1, 0.15) is 11.6 Å². The molecule has 0 radical (unpaired) electrons. The summed E-state index contributed by atoms with van der Waals surface area (Å²) in [7, 11) is 0. The summed E-state index contributed by atoms with van der Waals surface area (Å²) in [5, 5.41) is 3.53. The first-order valence-electron chi connectivity index (χ1n) is 18.2. The first-order valence-corrected chi connectivity index (χ1v) is 18.2. The van der Waals surface area contributed by atoms with Gasteiger partial charge < -0.3 is 0 Å². The van der Waals surface area contributed by atoms with Crippen LogP contribution in [0.1, 0.15) is 75.6 Å². The lowest BCUT2D eigenvalue weighted by Gasteiger charge is -2.30. The van der Waals surface area contributed by atoms with Crippen LogP contribution >= 0.6 is 0 Å². The molecule has 0 aliphatic heterocycles. The Morgan fingerprint density at radius 3 is 1.16 bits per heavy atom. The summed E-state index contributed by atoms with van der Waals surface area (Å²) in [4.78, 5) is 0. The lowest BCUT2D eigenvalue weighted by molar-refractivity contribution is 0.490. The third kappa shape index (κ3) is 4.02. The highest BCUT2D eigenvalue weighted by Crippen LogP contribution is 2.56. The normalized spacial score (nSPS) is 14.8. The lowest BCUT2D eigenvalue weighted by atomic mass is 9.73. The van der Waals surface area contributed by atoms with E-state index in [0.717, 1.165) is 69.5 Å². The fourth-order valence-corrected chi connectivity index (χ4v) is 10.0. The summed E-state index contributed by atoms with van der Waals surface area (Å²) in [5.41, 5.74) is 14.3. The fraction of sp³-hybridized carbons (Fsp3) is 0.208. The number of benzene rings is 7. The van der Waals surface area contributed by atoms with Gasteiger partial charge in [-0.05, 0) is 150 Å². The van der Waals surface area contributed by atoms with Gasteiger partial charge in [-0.3, -0.25) is 0 Å². The van der Waals surface area contributed by atoms with Crippen LogP contribution in [0.2, 0.25) is 0 Å². The van der Waals surface area contributed by atoms with Crippen molar-refractivity contribution in [3.8, 4) is 44.5 Å². The minimum atomic E-state index is -0.281. The molecule has 50 heavy (non-hydrogen) atoms. The molecule has 7 aromatic rings. The van der Waals surface area contributed by atoms with Crippen LogP contribution in [-0.4, -0.2) is 0 Å². The summed E-state index contributed by atoms with van der Waals surface area (Å²) in [6, 6.07) is 41.4. The van der Waals surface area contributed by atoms with Gasteiger partial charge in [0.2, 0.25) is 0 Å². The Hall–Kier alpha value is -5.08. The minimum Gasteiger partial charge on any atom is -0.207 e. The molecule has 2 aliphatic rings. The maximum Gasteiger partial charge on any atom is 0.123 e. The van der Waals surface area contributed by atoms with E-state index < -0.39 is 0 Å². The van der Waals surface area contributed by atoms with Gasteiger partial charge in [-0.15, -0.1) is 0 Å². The smallest absolute Gasteiger partial charge is 0.123 e. The molecule has 0 nitrogen and oxygen atoms in total. The van der Waals surface area contributed by atoms with Crippen molar-refractivity contribution >= 4 is 21.5 Å². The average molecular weight is 655 g/mol. The number of fused-ring (bicyclic) bond motifs is 8. The van der Waals surface area contributed by atoms with Gasteiger partial charge in [0, 0.05) is 10.8 Å². The van der Waals surface area contributed by atoms with Crippen LogP contribution in [0.5, 0.6) is 0 Å². The van der Waals surface area contributed by atoms with Crippen LogP contribution in [0.4, 0.5) is 8.78 Å². The molecule has 0 aromatic heterocycles. The standard InChI is InChI=1S/C48H40F2/c1-5-47(6-2)41-15-11-9-13-33(41)35-21-17-29(25-43(35)47)45-37-23-19-32(50)28-40(37)46(38-24-20-31(49)27-39(38)45)30-18-22-36-34-14-10-12-16-42(34)48(7-3,8-4)44(36)26-30/h9-28H,5-8H2,1-4H3. The Morgan fingerprint density at radius 2 is 0.760 bits per heavy atom. The summed E-state index contributed by atoms with van der Waals surface area (Å²) in [6.07, 6.45) is 3.93. The minimum absolute atomic E-state index is 0.0993. The SMILES string of the molecule is CCC1(CC)c2ccccc2-c2ccc(-c3c4ccc(F)cc4c(-c4ccc5c(c4)C(CC)(CC)c4ccccc4-5)c4ccc(F)cc34)cc21. The van der Waals surface area contributed by atoms with Crippen LogP contribution in [0.25, 0.3) is 66.1 Å². The molecule has 0 spiro atoms. The first-order chi connectivity index (χ1) is 24.4. The van der Waals surface area contributed by atoms with Gasteiger partial charge in [0.15, 0.2) is 0 Å². The highest BCUT2D eigenvalue weighted by molar-refractivity contribution is 6.21. The van der Waals surface area contributed by atoms with Crippen LogP contribution < -0.4 is 0 Å². The van der Waals surface area contributed by atoms with Crippen molar-refractivity contribution in [3.05, 3.63) is 155 Å². The van der Waals surface area contributed by atoms with Crippen molar-refractivity contribution in [2.45, 2.75) is 64.2 Å². The molecule has 0 unspecified atom stereocenters. The third-order valence-corrected chi connectivity index (χ3v) is 12.6. The van der Waals surface area contributed by atoms with E-state index in [2.05, 4.69) is 113 Å². The Bertz CT molecular complexity index is 2330. The zero-order valence-corrected chi connectivity index (χ0v) is 29.1. The molecule has 0 bridgehead atoms. The second-order valence-electron chi connectivity index (χ2n) is 14.3. The highest BCUT2D eigenvalue weighted by atomic mass is 19.1. The summed E-state index contributed by atoms with van der Waals surface area (Å²) >= 11 is 0. The molecule has 0 fully saturated rings. The van der Waals surface area contributed by atoms with Crippen LogP contribution in [0.3, 0.4) is 0 Å². The van der Waals surface area contributed by atoms with Crippen molar-refractivity contribution in [1.82, 2.24) is 0 Å².